The van der Waals surface area contributed by atoms with E-state index >= 15 is 0 Å². The van der Waals surface area contributed by atoms with Crippen LogP contribution in [-0.2, 0) is 21.2 Å². The number of amides is 1. The molecule has 1 saturated heterocycles. The quantitative estimate of drug-likeness (QED) is 0.911. The minimum Gasteiger partial charge on any atom is -0.352 e. The molecule has 1 aliphatic heterocycles. The number of rotatable bonds is 3. The Hall–Kier alpha value is -1.36. The normalized spacial score (nSPS) is 19.0. The first kappa shape index (κ1) is 14.1. The highest BCUT2D eigenvalue weighted by molar-refractivity contribution is 7.91. The Labute approximate surface area is 114 Å². The van der Waals surface area contributed by atoms with Gasteiger partial charge in [0.2, 0.25) is 5.91 Å². The van der Waals surface area contributed by atoms with Gasteiger partial charge in [-0.3, -0.25) is 4.79 Å². The van der Waals surface area contributed by atoms with Crippen LogP contribution in [0.25, 0.3) is 0 Å². The molecular formula is C14H19NO3S. The van der Waals surface area contributed by atoms with Gasteiger partial charge in [-0.05, 0) is 25.3 Å². The molecule has 0 spiro atoms. The molecular weight excluding hydrogens is 262 g/mol. The van der Waals surface area contributed by atoms with Crippen LogP contribution in [0.1, 0.15) is 24.0 Å². The Balaban J connectivity index is 1.83. The number of carbonyl (C=O) groups excluding carboxylic acids is 1. The zero-order valence-electron chi connectivity index (χ0n) is 11.1. The van der Waals surface area contributed by atoms with Crippen molar-refractivity contribution in [3.63, 3.8) is 0 Å². The predicted molar refractivity (Wildman–Crippen MR) is 74.4 cm³/mol. The smallest absolute Gasteiger partial charge is 0.223 e. The van der Waals surface area contributed by atoms with Gasteiger partial charge in [-0.25, -0.2) is 8.42 Å². The highest BCUT2D eigenvalue weighted by atomic mass is 32.2. The number of carbonyl (C=O) groups is 1. The van der Waals surface area contributed by atoms with Crippen LogP contribution >= 0.6 is 0 Å². The number of hydrogen-bond acceptors (Lipinski definition) is 3. The van der Waals surface area contributed by atoms with Gasteiger partial charge in [0.05, 0.1) is 11.5 Å². The standard InChI is InChI=1S/C14H19NO3S/c1-11-2-4-12(5-3-11)10-15-14(16)13-6-8-19(17,18)9-7-13/h2-5,13H,6-10H2,1H3,(H,15,16). The summed E-state index contributed by atoms with van der Waals surface area (Å²) in [6, 6.07) is 7.99. The van der Waals surface area contributed by atoms with Crippen molar-refractivity contribution >= 4 is 15.7 Å². The summed E-state index contributed by atoms with van der Waals surface area (Å²) < 4.78 is 22.6. The van der Waals surface area contributed by atoms with Gasteiger partial charge < -0.3 is 5.32 Å². The maximum atomic E-state index is 11.9. The van der Waals surface area contributed by atoms with Crippen LogP contribution in [0.4, 0.5) is 0 Å². The van der Waals surface area contributed by atoms with Crippen LogP contribution in [0.3, 0.4) is 0 Å². The van der Waals surface area contributed by atoms with Crippen molar-refractivity contribution in [1.82, 2.24) is 5.32 Å². The third-order valence-corrected chi connectivity index (χ3v) is 5.23. The average Bonchev–Trinajstić information content (AvgIpc) is 2.37. The molecule has 0 radical (unpaired) electrons. The summed E-state index contributed by atoms with van der Waals surface area (Å²) in [4.78, 5) is 11.9. The van der Waals surface area contributed by atoms with Gasteiger partial charge >= 0.3 is 0 Å². The van der Waals surface area contributed by atoms with Gasteiger partial charge in [0.1, 0.15) is 9.84 Å². The molecule has 19 heavy (non-hydrogen) atoms. The Morgan fingerprint density at radius 2 is 1.79 bits per heavy atom. The molecule has 0 unspecified atom stereocenters. The zero-order chi connectivity index (χ0) is 13.9. The van der Waals surface area contributed by atoms with Crippen LogP contribution in [0.2, 0.25) is 0 Å². The molecule has 0 aliphatic carbocycles. The SMILES string of the molecule is Cc1ccc(CNC(=O)C2CCS(=O)(=O)CC2)cc1. The molecule has 4 nitrogen and oxygen atoms in total. The zero-order valence-corrected chi connectivity index (χ0v) is 11.9. The summed E-state index contributed by atoms with van der Waals surface area (Å²) in [5.41, 5.74) is 2.25. The molecule has 1 amide bonds. The molecule has 0 saturated carbocycles. The molecule has 1 fully saturated rings. The number of aryl methyl sites for hydroxylation is 1. The lowest BCUT2D eigenvalue weighted by Crippen LogP contribution is -2.35. The molecule has 1 aromatic rings. The molecule has 0 atom stereocenters. The van der Waals surface area contributed by atoms with E-state index in [2.05, 4.69) is 5.32 Å². The second-order valence-corrected chi connectivity index (χ2v) is 7.43. The highest BCUT2D eigenvalue weighted by Gasteiger charge is 2.28. The van der Waals surface area contributed by atoms with Crippen molar-refractivity contribution < 1.29 is 13.2 Å². The van der Waals surface area contributed by atoms with Gasteiger partial charge in [-0.2, -0.15) is 0 Å². The van der Waals surface area contributed by atoms with E-state index in [0.29, 0.717) is 19.4 Å². The monoisotopic (exact) mass is 281 g/mol. The largest absolute Gasteiger partial charge is 0.352 e. The van der Waals surface area contributed by atoms with E-state index in [0.717, 1.165) is 5.56 Å². The Morgan fingerprint density at radius 3 is 2.37 bits per heavy atom. The Kier molecular flexibility index (Phi) is 4.24. The first-order valence-electron chi connectivity index (χ1n) is 6.50. The second kappa shape index (κ2) is 5.74. The first-order valence-corrected chi connectivity index (χ1v) is 8.32. The minimum absolute atomic E-state index is 0.0320. The van der Waals surface area contributed by atoms with Gasteiger partial charge in [0.25, 0.3) is 0 Å². The lowest BCUT2D eigenvalue weighted by atomic mass is 10.0. The molecule has 1 aliphatic rings. The lowest BCUT2D eigenvalue weighted by Gasteiger charge is -2.21. The van der Waals surface area contributed by atoms with Crippen molar-refractivity contribution in [2.75, 3.05) is 11.5 Å². The fraction of sp³-hybridized carbons (Fsp3) is 0.500. The van der Waals surface area contributed by atoms with E-state index in [-0.39, 0.29) is 23.3 Å². The van der Waals surface area contributed by atoms with E-state index < -0.39 is 9.84 Å². The van der Waals surface area contributed by atoms with E-state index in [4.69, 9.17) is 0 Å². The topological polar surface area (TPSA) is 63.2 Å². The maximum absolute atomic E-state index is 11.9. The summed E-state index contributed by atoms with van der Waals surface area (Å²) >= 11 is 0. The number of sulfone groups is 1. The van der Waals surface area contributed by atoms with Crippen molar-refractivity contribution in [1.29, 1.82) is 0 Å². The molecule has 0 aromatic heterocycles. The molecule has 2 rings (SSSR count). The molecule has 1 heterocycles. The molecule has 1 N–H and O–H groups in total. The summed E-state index contributed by atoms with van der Waals surface area (Å²) in [6.45, 7) is 2.52. The fourth-order valence-corrected chi connectivity index (χ4v) is 3.68. The van der Waals surface area contributed by atoms with Crippen LogP contribution in [0, 0.1) is 12.8 Å². The summed E-state index contributed by atoms with van der Waals surface area (Å²) in [7, 11) is -2.90. The van der Waals surface area contributed by atoms with Crippen molar-refractivity contribution in [3.8, 4) is 0 Å². The fourth-order valence-electron chi connectivity index (χ4n) is 2.19. The van der Waals surface area contributed by atoms with Crippen molar-refractivity contribution in [3.05, 3.63) is 35.4 Å². The summed E-state index contributed by atoms with van der Waals surface area (Å²) in [6.07, 6.45) is 0.893. The van der Waals surface area contributed by atoms with Gasteiger partial charge in [0, 0.05) is 12.5 Å². The van der Waals surface area contributed by atoms with E-state index in [1.54, 1.807) is 0 Å². The summed E-state index contributed by atoms with van der Waals surface area (Å²) in [5, 5.41) is 2.88. The van der Waals surface area contributed by atoms with Gasteiger partial charge in [-0.15, -0.1) is 0 Å². The Bertz CT molecular complexity index is 535. The number of hydrogen-bond donors (Lipinski definition) is 1. The molecule has 1 aromatic carbocycles. The van der Waals surface area contributed by atoms with Crippen LogP contribution < -0.4 is 5.32 Å². The van der Waals surface area contributed by atoms with Gasteiger partial charge in [-0.1, -0.05) is 29.8 Å². The second-order valence-electron chi connectivity index (χ2n) is 5.13. The van der Waals surface area contributed by atoms with E-state index in [9.17, 15) is 13.2 Å². The molecule has 5 heteroatoms. The van der Waals surface area contributed by atoms with Crippen LogP contribution in [-0.4, -0.2) is 25.8 Å². The summed E-state index contributed by atoms with van der Waals surface area (Å²) in [5.74, 6) is 0.0788. The average molecular weight is 281 g/mol. The highest BCUT2D eigenvalue weighted by Crippen LogP contribution is 2.19. The minimum atomic E-state index is -2.90. The van der Waals surface area contributed by atoms with Gasteiger partial charge in [0.15, 0.2) is 0 Å². The third-order valence-electron chi connectivity index (χ3n) is 3.51. The third kappa shape index (κ3) is 4.06. The van der Waals surface area contributed by atoms with Crippen molar-refractivity contribution in [2.24, 2.45) is 5.92 Å². The molecule has 104 valence electrons. The number of benzene rings is 1. The maximum Gasteiger partial charge on any atom is 0.223 e. The first-order chi connectivity index (χ1) is 8.96. The van der Waals surface area contributed by atoms with Crippen molar-refractivity contribution in [2.45, 2.75) is 26.3 Å². The Morgan fingerprint density at radius 1 is 1.21 bits per heavy atom. The van der Waals surface area contributed by atoms with Crippen LogP contribution in [0.15, 0.2) is 24.3 Å². The predicted octanol–water partition coefficient (Wildman–Crippen LogP) is 1.44. The van der Waals surface area contributed by atoms with E-state index in [1.165, 1.54) is 5.56 Å². The lowest BCUT2D eigenvalue weighted by molar-refractivity contribution is -0.125. The van der Waals surface area contributed by atoms with Crippen LogP contribution in [0.5, 0.6) is 0 Å². The molecule has 0 bridgehead atoms. The van der Waals surface area contributed by atoms with E-state index in [1.807, 2.05) is 31.2 Å². The number of nitrogens with one attached hydrogen (secondary N) is 1.